The molecule has 0 radical (unpaired) electrons. The molecule has 0 amide bonds. The zero-order valence-electron chi connectivity index (χ0n) is 17.8. The first kappa shape index (κ1) is 22.3. The van der Waals surface area contributed by atoms with Gasteiger partial charge in [0.25, 0.3) is 0 Å². The molecule has 2 nitrogen and oxygen atoms in total. The summed E-state index contributed by atoms with van der Waals surface area (Å²) in [6.07, 6.45) is 5.74. The van der Waals surface area contributed by atoms with Gasteiger partial charge < -0.3 is 0 Å². The third-order valence-electron chi connectivity index (χ3n) is 5.50. The van der Waals surface area contributed by atoms with Crippen LogP contribution in [-0.2, 0) is 6.42 Å². The molecule has 1 atom stereocenters. The van der Waals surface area contributed by atoms with Gasteiger partial charge in [0.15, 0.2) is 5.78 Å². The Bertz CT molecular complexity index is 1300. The van der Waals surface area contributed by atoms with Crippen LogP contribution in [0.15, 0.2) is 78.9 Å². The number of hydrogen-bond donors (Lipinski definition) is 1. The minimum atomic E-state index is 0.0873. The van der Waals surface area contributed by atoms with Crippen LogP contribution in [0.1, 0.15) is 51.3 Å². The summed E-state index contributed by atoms with van der Waals surface area (Å²) in [6.45, 7) is 1.62. The number of aryl methyl sites for hydroxylation is 1. The number of aromatic nitrogens is 1. The standard InChI is InChI=1S/C28H24ClNOS/c1-19(31)26-8-3-2-6-21(26)12-16-28(32)23-7-4-5-20(17-23)9-14-25-15-11-22-10-13-24(29)18-27(22)30-25/h2-11,13-15,17-18,28,32H,12,16H2,1H3/b14-9+/t28-/m0/s1. The van der Waals surface area contributed by atoms with Crippen LogP contribution in [-0.4, -0.2) is 10.8 Å². The number of carbonyl (C=O) groups is 1. The van der Waals surface area contributed by atoms with Gasteiger partial charge in [-0.3, -0.25) is 4.79 Å². The molecule has 0 aliphatic rings. The maximum Gasteiger partial charge on any atom is 0.160 e. The van der Waals surface area contributed by atoms with E-state index in [1.54, 1.807) is 6.92 Å². The van der Waals surface area contributed by atoms with Crippen LogP contribution in [0.25, 0.3) is 23.1 Å². The van der Waals surface area contributed by atoms with Gasteiger partial charge in [0.05, 0.1) is 11.2 Å². The number of fused-ring (bicyclic) bond motifs is 1. The summed E-state index contributed by atoms with van der Waals surface area (Å²) in [7, 11) is 0. The molecule has 0 aliphatic heterocycles. The van der Waals surface area contributed by atoms with E-state index in [2.05, 4.69) is 41.4 Å². The highest BCUT2D eigenvalue weighted by atomic mass is 35.5. The van der Waals surface area contributed by atoms with Crippen LogP contribution < -0.4 is 0 Å². The Morgan fingerprint density at radius 3 is 2.66 bits per heavy atom. The van der Waals surface area contributed by atoms with E-state index < -0.39 is 0 Å². The highest BCUT2D eigenvalue weighted by molar-refractivity contribution is 7.80. The van der Waals surface area contributed by atoms with Crippen molar-refractivity contribution in [3.63, 3.8) is 0 Å². The number of hydrogen-bond acceptors (Lipinski definition) is 3. The van der Waals surface area contributed by atoms with Crippen molar-refractivity contribution in [1.29, 1.82) is 0 Å². The number of carbonyl (C=O) groups excluding carboxylic acids is 1. The largest absolute Gasteiger partial charge is 0.295 e. The Morgan fingerprint density at radius 1 is 1.00 bits per heavy atom. The fraction of sp³-hybridized carbons (Fsp3) is 0.143. The van der Waals surface area contributed by atoms with Crippen molar-refractivity contribution in [2.24, 2.45) is 0 Å². The lowest BCUT2D eigenvalue weighted by atomic mass is 9.97. The van der Waals surface area contributed by atoms with Gasteiger partial charge in [-0.2, -0.15) is 12.6 Å². The van der Waals surface area contributed by atoms with Gasteiger partial charge >= 0.3 is 0 Å². The molecule has 0 saturated carbocycles. The van der Waals surface area contributed by atoms with E-state index in [1.807, 2.05) is 54.6 Å². The van der Waals surface area contributed by atoms with Gasteiger partial charge in [-0.15, -0.1) is 0 Å². The predicted octanol–water partition coefficient (Wildman–Crippen LogP) is 7.86. The first-order valence-electron chi connectivity index (χ1n) is 10.6. The first-order valence-corrected chi connectivity index (χ1v) is 11.5. The lowest BCUT2D eigenvalue weighted by Gasteiger charge is -2.13. The smallest absolute Gasteiger partial charge is 0.160 e. The molecule has 0 spiro atoms. The molecule has 0 unspecified atom stereocenters. The average molecular weight is 458 g/mol. The molecule has 0 bridgehead atoms. The topological polar surface area (TPSA) is 30.0 Å². The van der Waals surface area contributed by atoms with Crippen LogP contribution in [0, 0.1) is 0 Å². The Morgan fingerprint density at radius 2 is 1.81 bits per heavy atom. The molecule has 0 fully saturated rings. The maximum absolute atomic E-state index is 11.9. The molecular weight excluding hydrogens is 434 g/mol. The van der Waals surface area contributed by atoms with Crippen molar-refractivity contribution in [2.75, 3.05) is 0 Å². The van der Waals surface area contributed by atoms with Crippen molar-refractivity contribution in [2.45, 2.75) is 25.0 Å². The summed E-state index contributed by atoms with van der Waals surface area (Å²) in [6, 6.07) is 26.0. The molecule has 0 aliphatic carbocycles. The summed E-state index contributed by atoms with van der Waals surface area (Å²) in [5, 5.41) is 1.84. The number of benzene rings is 3. The molecule has 32 heavy (non-hydrogen) atoms. The summed E-state index contributed by atoms with van der Waals surface area (Å²) < 4.78 is 0. The summed E-state index contributed by atoms with van der Waals surface area (Å²) >= 11 is 10.9. The van der Waals surface area contributed by atoms with Gasteiger partial charge in [-0.05, 0) is 60.7 Å². The highest BCUT2D eigenvalue weighted by Gasteiger charge is 2.11. The molecule has 0 saturated heterocycles. The number of ketones is 1. The second kappa shape index (κ2) is 10.2. The van der Waals surface area contributed by atoms with Crippen LogP contribution in [0.2, 0.25) is 5.02 Å². The van der Waals surface area contributed by atoms with E-state index in [-0.39, 0.29) is 11.0 Å². The van der Waals surface area contributed by atoms with Gasteiger partial charge in [0.1, 0.15) is 0 Å². The van der Waals surface area contributed by atoms with E-state index in [4.69, 9.17) is 24.2 Å². The Kier molecular flexibility index (Phi) is 7.09. The fourth-order valence-corrected chi connectivity index (χ4v) is 4.25. The van der Waals surface area contributed by atoms with Crippen molar-refractivity contribution in [1.82, 2.24) is 4.98 Å². The van der Waals surface area contributed by atoms with E-state index >= 15 is 0 Å². The summed E-state index contributed by atoms with van der Waals surface area (Å²) in [5.41, 5.74) is 5.90. The SMILES string of the molecule is CC(=O)c1ccccc1CC[C@H](S)c1cccc(/C=C/c2ccc3ccc(Cl)cc3n2)c1. The van der Waals surface area contributed by atoms with Crippen LogP contribution in [0.3, 0.4) is 0 Å². The molecule has 3 aromatic carbocycles. The molecule has 4 heteroatoms. The molecule has 0 N–H and O–H groups in total. The van der Waals surface area contributed by atoms with Crippen LogP contribution in [0.5, 0.6) is 0 Å². The lowest BCUT2D eigenvalue weighted by molar-refractivity contribution is 0.101. The molecule has 1 heterocycles. The fourth-order valence-electron chi connectivity index (χ4n) is 3.79. The third kappa shape index (κ3) is 5.48. The third-order valence-corrected chi connectivity index (χ3v) is 6.29. The van der Waals surface area contributed by atoms with E-state index in [0.29, 0.717) is 5.02 Å². The zero-order valence-corrected chi connectivity index (χ0v) is 19.5. The van der Waals surface area contributed by atoms with Gasteiger partial charge in [-0.25, -0.2) is 4.98 Å². The number of halogens is 1. The zero-order chi connectivity index (χ0) is 22.5. The second-order valence-corrected chi connectivity index (χ2v) is 8.90. The van der Waals surface area contributed by atoms with Crippen molar-refractivity contribution >= 4 is 53.1 Å². The normalized spacial score (nSPS) is 12.3. The van der Waals surface area contributed by atoms with Crippen molar-refractivity contribution in [3.8, 4) is 0 Å². The van der Waals surface area contributed by atoms with Gasteiger partial charge in [0, 0.05) is 21.2 Å². The summed E-state index contributed by atoms with van der Waals surface area (Å²) in [5.74, 6) is 0.105. The average Bonchev–Trinajstić information content (AvgIpc) is 2.81. The second-order valence-electron chi connectivity index (χ2n) is 7.84. The molecule has 4 rings (SSSR count). The summed E-state index contributed by atoms with van der Waals surface area (Å²) in [4.78, 5) is 16.5. The predicted molar refractivity (Wildman–Crippen MR) is 139 cm³/mol. The first-order chi connectivity index (χ1) is 15.5. The highest BCUT2D eigenvalue weighted by Crippen LogP contribution is 2.27. The molecule has 1 aromatic heterocycles. The molecule has 160 valence electrons. The Balaban J connectivity index is 1.47. The number of rotatable bonds is 7. The number of Topliss-reactive ketones (excluding diaryl/α,β-unsaturated/α-hetero) is 1. The Labute approximate surface area is 199 Å². The van der Waals surface area contributed by atoms with Crippen molar-refractivity contribution < 1.29 is 4.79 Å². The van der Waals surface area contributed by atoms with Gasteiger partial charge in [0.2, 0.25) is 0 Å². The quantitative estimate of drug-likeness (QED) is 0.226. The lowest BCUT2D eigenvalue weighted by Crippen LogP contribution is -2.01. The van der Waals surface area contributed by atoms with E-state index in [0.717, 1.165) is 51.7 Å². The minimum absolute atomic E-state index is 0.0873. The van der Waals surface area contributed by atoms with Crippen LogP contribution in [0.4, 0.5) is 0 Å². The maximum atomic E-state index is 11.9. The Hall–Kier alpha value is -2.88. The number of pyridine rings is 1. The van der Waals surface area contributed by atoms with Crippen LogP contribution >= 0.6 is 24.2 Å². The number of nitrogens with zero attached hydrogens (tertiary/aromatic N) is 1. The molecular formula is C28H24ClNOS. The molecule has 4 aromatic rings. The van der Waals surface area contributed by atoms with Crippen molar-refractivity contribution in [3.05, 3.63) is 112 Å². The number of thiol groups is 1. The monoisotopic (exact) mass is 457 g/mol. The van der Waals surface area contributed by atoms with E-state index in [1.165, 1.54) is 0 Å². The van der Waals surface area contributed by atoms with E-state index in [9.17, 15) is 4.79 Å². The van der Waals surface area contributed by atoms with Gasteiger partial charge in [-0.1, -0.05) is 78.3 Å². The minimum Gasteiger partial charge on any atom is -0.295 e.